The van der Waals surface area contributed by atoms with Crippen molar-refractivity contribution in [1.29, 1.82) is 0 Å². The van der Waals surface area contributed by atoms with Gasteiger partial charge in [0.25, 0.3) is 0 Å². The van der Waals surface area contributed by atoms with E-state index in [1.165, 1.54) is 69.8 Å². The molecule has 12 heteroatoms. The summed E-state index contributed by atoms with van der Waals surface area (Å²) >= 11 is 0. The highest BCUT2D eigenvalue weighted by molar-refractivity contribution is 7.59. The van der Waals surface area contributed by atoms with Gasteiger partial charge in [-0.25, -0.2) is 0 Å². The highest BCUT2D eigenvalue weighted by Gasteiger charge is 2.62. The van der Waals surface area contributed by atoms with Crippen LogP contribution in [0, 0.1) is 86.8 Å². The van der Waals surface area contributed by atoms with Crippen LogP contribution in [0.1, 0.15) is 203 Å². The highest BCUT2D eigenvalue weighted by Crippen LogP contribution is 2.70. The maximum Gasteiger partial charge on any atom is 0.391 e. The zero-order valence-corrected chi connectivity index (χ0v) is 43.9. The molecule has 0 radical (unpaired) electrons. The van der Waals surface area contributed by atoms with E-state index in [9.17, 15) is 46.8 Å². The SMILES string of the molecule is C[C@H](CC[C@H](O)CC(F)(F)F)[C@H]1CC[C@H]2[C@@H]3CC=C4C[C@@](C)(O)CC[C@]4(C)[C@H]3CC[C@]12C.C[C@H](CC[C@H](O)CC(F)(F)F)[C@H]1CC[C@H]2[C@@H]3CC[C@H]4C[C@@](C)(O)CC[C@]4(C)[C@H]3CC[C@]12C.S.S. The lowest BCUT2D eigenvalue weighted by atomic mass is 9.43. The van der Waals surface area contributed by atoms with Crippen LogP contribution in [-0.2, 0) is 0 Å². The third kappa shape index (κ3) is 11.5. The second-order valence-electron chi connectivity index (χ2n) is 25.8. The normalized spacial score (nSPS) is 45.8. The van der Waals surface area contributed by atoms with Gasteiger partial charge in [0, 0.05) is 0 Å². The zero-order valence-electron chi connectivity index (χ0n) is 41.9. The van der Waals surface area contributed by atoms with Crippen molar-refractivity contribution in [2.24, 2.45) is 86.8 Å². The van der Waals surface area contributed by atoms with Crippen LogP contribution in [0.4, 0.5) is 26.3 Å². The maximum absolute atomic E-state index is 12.6. The van der Waals surface area contributed by atoms with Gasteiger partial charge in [-0.3, -0.25) is 0 Å². The zero-order chi connectivity index (χ0) is 47.1. The van der Waals surface area contributed by atoms with Crippen LogP contribution in [0.5, 0.6) is 0 Å². The minimum Gasteiger partial charge on any atom is -0.393 e. The van der Waals surface area contributed by atoms with E-state index in [2.05, 4.69) is 47.6 Å². The van der Waals surface area contributed by atoms with Gasteiger partial charge in [0.1, 0.15) is 0 Å². The molecule has 0 amide bonds. The summed E-state index contributed by atoms with van der Waals surface area (Å²) < 4.78 is 75.5. The van der Waals surface area contributed by atoms with Crippen molar-refractivity contribution in [3.63, 3.8) is 0 Å². The Morgan fingerprint density at radius 1 is 0.545 bits per heavy atom. The molecule has 7 saturated carbocycles. The molecule has 8 rings (SSSR count). The molecule has 0 saturated heterocycles. The number of alkyl halides is 6. The minimum absolute atomic E-state index is 0. The van der Waals surface area contributed by atoms with E-state index in [1.807, 2.05) is 13.8 Å². The Labute approximate surface area is 409 Å². The lowest BCUT2D eigenvalue weighted by molar-refractivity contribution is -0.155. The number of allylic oxidation sites excluding steroid dienone is 1. The summed E-state index contributed by atoms with van der Waals surface area (Å²) in [6.45, 7) is 18.3. The van der Waals surface area contributed by atoms with Crippen LogP contribution >= 0.6 is 27.0 Å². The molecule has 0 unspecified atom stereocenters. The molecule has 0 spiro atoms. The van der Waals surface area contributed by atoms with Crippen molar-refractivity contribution in [1.82, 2.24) is 0 Å². The minimum atomic E-state index is -4.29. The van der Waals surface area contributed by atoms with Crippen LogP contribution in [0.15, 0.2) is 11.6 Å². The molecule has 386 valence electrons. The Balaban J connectivity index is 0.000000240. The Kier molecular flexibility index (Phi) is 17.5. The number of hydrogen-bond acceptors (Lipinski definition) is 4. The number of aliphatic hydroxyl groups is 4. The fourth-order valence-corrected chi connectivity index (χ4v) is 18.2. The standard InChI is InChI=1S/C27H45F3O2.C27H43F3O2.2H2S/c2*1-17(5-7-19(31)16-27(28,29)30)21-9-10-22-20-8-6-18-15-24(2,32)13-14-25(18,3)23(20)11-12-26(21,22)4;;/h17-23,31-32H,5-16H2,1-4H3;6,17,19-23,31-32H,5,7-16H2,1-4H3;2*1H2/t17-,18+,19+,20+,21-,22+,23+,24+,25+,26-;17-,19+,20+,21-,22+,23+,24+,25+,26-;;/m11../s1. The van der Waals surface area contributed by atoms with Crippen molar-refractivity contribution in [3.05, 3.63) is 11.6 Å². The van der Waals surface area contributed by atoms with Gasteiger partial charge in [-0.2, -0.15) is 53.3 Å². The van der Waals surface area contributed by atoms with Gasteiger partial charge in [0.2, 0.25) is 0 Å². The van der Waals surface area contributed by atoms with E-state index in [0.717, 1.165) is 62.7 Å². The van der Waals surface area contributed by atoms with Crippen LogP contribution in [0.2, 0.25) is 0 Å². The van der Waals surface area contributed by atoms with Gasteiger partial charge >= 0.3 is 12.4 Å². The summed E-state index contributed by atoms with van der Waals surface area (Å²) in [5.74, 6) is 6.78. The van der Waals surface area contributed by atoms with E-state index in [4.69, 9.17) is 0 Å². The lowest BCUT2D eigenvalue weighted by Gasteiger charge is -2.62. The average Bonchev–Trinajstić information content (AvgIpc) is 3.72. The van der Waals surface area contributed by atoms with Crippen molar-refractivity contribution in [2.75, 3.05) is 0 Å². The molecule has 0 bridgehead atoms. The van der Waals surface area contributed by atoms with E-state index < -0.39 is 48.6 Å². The number of fused-ring (bicyclic) bond motifs is 10. The van der Waals surface area contributed by atoms with Crippen molar-refractivity contribution in [2.45, 2.75) is 239 Å². The third-order valence-corrected chi connectivity index (χ3v) is 21.7. The molecule has 0 heterocycles. The van der Waals surface area contributed by atoms with Gasteiger partial charge in [-0.05, 0) is 235 Å². The molecule has 7 fully saturated rings. The number of halogens is 6. The highest BCUT2D eigenvalue weighted by atomic mass is 32.1. The first-order chi connectivity index (χ1) is 29.5. The molecule has 8 aliphatic rings. The Morgan fingerprint density at radius 2 is 1.02 bits per heavy atom. The quantitative estimate of drug-likeness (QED) is 0.130. The van der Waals surface area contributed by atoms with E-state index in [-0.39, 0.29) is 50.7 Å². The average molecular weight is 983 g/mol. The summed E-state index contributed by atoms with van der Waals surface area (Å²) in [6.07, 6.45) is 10.3. The van der Waals surface area contributed by atoms with Crippen molar-refractivity contribution < 1.29 is 46.8 Å². The molecule has 0 aromatic carbocycles. The molecule has 8 aliphatic carbocycles. The van der Waals surface area contributed by atoms with Crippen molar-refractivity contribution >= 4 is 27.0 Å². The van der Waals surface area contributed by atoms with Crippen LogP contribution < -0.4 is 0 Å². The van der Waals surface area contributed by atoms with Gasteiger partial charge in [-0.15, -0.1) is 0 Å². The fourth-order valence-electron chi connectivity index (χ4n) is 18.2. The smallest absolute Gasteiger partial charge is 0.391 e. The number of rotatable bonds is 10. The topological polar surface area (TPSA) is 80.9 Å². The first-order valence-corrected chi connectivity index (χ1v) is 26.1. The second kappa shape index (κ2) is 20.4. The van der Waals surface area contributed by atoms with E-state index in [1.54, 1.807) is 0 Å². The van der Waals surface area contributed by atoms with Crippen molar-refractivity contribution in [3.8, 4) is 0 Å². The summed E-state index contributed by atoms with van der Waals surface area (Å²) in [4.78, 5) is 0. The molecule has 19 atom stereocenters. The first kappa shape index (κ1) is 56.8. The van der Waals surface area contributed by atoms with E-state index in [0.29, 0.717) is 71.0 Å². The molecule has 4 N–H and O–H groups in total. The van der Waals surface area contributed by atoms with Gasteiger partial charge in [0.05, 0.1) is 36.3 Å². The van der Waals surface area contributed by atoms with E-state index >= 15 is 0 Å². The monoisotopic (exact) mass is 983 g/mol. The number of aliphatic hydroxyl groups excluding tert-OH is 2. The molecule has 0 aliphatic heterocycles. The largest absolute Gasteiger partial charge is 0.393 e. The first-order valence-electron chi connectivity index (χ1n) is 26.1. The molecule has 4 nitrogen and oxygen atoms in total. The van der Waals surface area contributed by atoms with Crippen LogP contribution in [-0.4, -0.2) is 56.2 Å². The summed E-state index contributed by atoms with van der Waals surface area (Å²) in [5, 5.41) is 41.0. The second-order valence-corrected chi connectivity index (χ2v) is 25.8. The van der Waals surface area contributed by atoms with Gasteiger partial charge in [0.15, 0.2) is 0 Å². The number of hydrogen-bond donors (Lipinski definition) is 4. The molecule has 66 heavy (non-hydrogen) atoms. The molecule has 0 aromatic heterocycles. The molecular formula is C54H92F6O4S2. The Hall–Kier alpha value is -0.140. The Morgan fingerprint density at radius 3 is 1.53 bits per heavy atom. The lowest BCUT2D eigenvalue weighted by Crippen LogP contribution is -2.55. The predicted molar refractivity (Wildman–Crippen MR) is 263 cm³/mol. The third-order valence-electron chi connectivity index (χ3n) is 21.7. The molecular weight excluding hydrogens is 891 g/mol. The fraction of sp³-hybridized carbons (Fsp3) is 0.963. The molecule has 0 aromatic rings. The Bertz CT molecular complexity index is 1650. The van der Waals surface area contributed by atoms with Crippen LogP contribution in [0.25, 0.3) is 0 Å². The summed E-state index contributed by atoms with van der Waals surface area (Å²) in [7, 11) is 0. The van der Waals surface area contributed by atoms with Crippen LogP contribution in [0.3, 0.4) is 0 Å². The predicted octanol–water partition coefficient (Wildman–Crippen LogP) is 14.4. The van der Waals surface area contributed by atoms with Gasteiger partial charge < -0.3 is 20.4 Å². The van der Waals surface area contributed by atoms with Gasteiger partial charge in [-0.1, -0.05) is 53.2 Å². The maximum atomic E-state index is 12.6. The summed E-state index contributed by atoms with van der Waals surface area (Å²) in [6, 6.07) is 0. The summed E-state index contributed by atoms with van der Waals surface area (Å²) in [5.41, 5.74) is 1.56.